The van der Waals surface area contributed by atoms with Crippen molar-refractivity contribution in [2.24, 2.45) is 17.8 Å². The third kappa shape index (κ3) is 2.75. The highest BCUT2D eigenvalue weighted by Gasteiger charge is 2.46. The number of carbonyl (C=O) groups excluding carboxylic acids is 3. The van der Waals surface area contributed by atoms with Crippen molar-refractivity contribution in [2.75, 3.05) is 6.54 Å². The van der Waals surface area contributed by atoms with Gasteiger partial charge in [-0.2, -0.15) is 0 Å². The SMILES string of the molecule is CC1C(=O)N(CC2CCC(=O)CC2)C2=C1C=CC(=O)C2C(F)F. The lowest BCUT2D eigenvalue weighted by Crippen LogP contribution is -2.39. The van der Waals surface area contributed by atoms with Gasteiger partial charge < -0.3 is 4.90 Å². The molecule has 1 aliphatic heterocycles. The first-order chi connectivity index (χ1) is 10.9. The summed E-state index contributed by atoms with van der Waals surface area (Å²) < 4.78 is 26.8. The zero-order valence-electron chi connectivity index (χ0n) is 12.9. The Morgan fingerprint density at radius 2 is 1.83 bits per heavy atom. The second-order valence-corrected chi connectivity index (χ2v) is 6.54. The third-order valence-electron chi connectivity index (χ3n) is 5.07. The zero-order valence-corrected chi connectivity index (χ0v) is 12.9. The summed E-state index contributed by atoms with van der Waals surface area (Å²) in [5.74, 6) is -2.59. The molecule has 0 bridgehead atoms. The number of alkyl halides is 2. The van der Waals surface area contributed by atoms with Gasteiger partial charge in [0.25, 0.3) is 6.43 Å². The summed E-state index contributed by atoms with van der Waals surface area (Å²) in [5.41, 5.74) is 0.716. The molecule has 124 valence electrons. The van der Waals surface area contributed by atoms with E-state index in [1.165, 1.54) is 11.0 Å². The topological polar surface area (TPSA) is 54.5 Å². The molecule has 3 rings (SSSR count). The van der Waals surface area contributed by atoms with Crippen molar-refractivity contribution < 1.29 is 23.2 Å². The highest BCUT2D eigenvalue weighted by molar-refractivity contribution is 6.00. The predicted octanol–water partition coefficient (Wildman–Crippen LogP) is 2.50. The number of hydrogen-bond acceptors (Lipinski definition) is 3. The molecule has 0 saturated heterocycles. The van der Waals surface area contributed by atoms with Crippen molar-refractivity contribution in [1.29, 1.82) is 0 Å². The molecule has 0 aromatic rings. The van der Waals surface area contributed by atoms with Gasteiger partial charge in [-0.25, -0.2) is 8.78 Å². The van der Waals surface area contributed by atoms with E-state index in [-0.39, 0.29) is 23.3 Å². The lowest BCUT2D eigenvalue weighted by atomic mass is 9.86. The summed E-state index contributed by atoms with van der Waals surface area (Å²) in [7, 11) is 0. The average molecular weight is 323 g/mol. The lowest BCUT2D eigenvalue weighted by molar-refractivity contribution is -0.132. The predicted molar refractivity (Wildman–Crippen MR) is 78.5 cm³/mol. The molecule has 2 atom stereocenters. The van der Waals surface area contributed by atoms with Crippen molar-refractivity contribution in [1.82, 2.24) is 4.90 Å². The van der Waals surface area contributed by atoms with E-state index in [2.05, 4.69) is 0 Å². The molecule has 0 aromatic carbocycles. The Kier molecular flexibility index (Phi) is 4.17. The summed E-state index contributed by atoms with van der Waals surface area (Å²) in [6.45, 7) is 2.00. The van der Waals surface area contributed by atoms with Gasteiger partial charge in [0.1, 0.15) is 11.7 Å². The van der Waals surface area contributed by atoms with Crippen molar-refractivity contribution in [3.05, 3.63) is 23.4 Å². The number of carbonyl (C=O) groups is 3. The van der Waals surface area contributed by atoms with E-state index in [1.807, 2.05) is 0 Å². The van der Waals surface area contributed by atoms with Crippen molar-refractivity contribution in [3.8, 4) is 0 Å². The first-order valence-electron chi connectivity index (χ1n) is 7.97. The minimum atomic E-state index is -2.83. The number of allylic oxidation sites excluding steroid dienone is 3. The zero-order chi connectivity index (χ0) is 16.7. The first kappa shape index (κ1) is 16.0. The van der Waals surface area contributed by atoms with Gasteiger partial charge in [0.05, 0.1) is 5.92 Å². The Balaban J connectivity index is 1.88. The molecule has 1 saturated carbocycles. The number of halogens is 2. The molecule has 6 heteroatoms. The Hall–Kier alpha value is -1.85. The van der Waals surface area contributed by atoms with Gasteiger partial charge in [-0.05, 0) is 37.3 Å². The number of nitrogens with zero attached hydrogens (tertiary/aromatic N) is 1. The molecule has 0 aromatic heterocycles. The van der Waals surface area contributed by atoms with E-state index in [4.69, 9.17) is 0 Å². The summed E-state index contributed by atoms with van der Waals surface area (Å²) in [6, 6.07) is 0. The van der Waals surface area contributed by atoms with E-state index in [0.29, 0.717) is 37.8 Å². The minimum Gasteiger partial charge on any atom is -0.314 e. The molecule has 0 radical (unpaired) electrons. The summed E-state index contributed by atoms with van der Waals surface area (Å²) >= 11 is 0. The molecule has 2 unspecified atom stereocenters. The van der Waals surface area contributed by atoms with Crippen LogP contribution >= 0.6 is 0 Å². The smallest absolute Gasteiger partial charge is 0.254 e. The highest BCUT2D eigenvalue weighted by Crippen LogP contribution is 2.41. The highest BCUT2D eigenvalue weighted by atomic mass is 19.3. The van der Waals surface area contributed by atoms with Gasteiger partial charge in [-0.1, -0.05) is 6.08 Å². The van der Waals surface area contributed by atoms with E-state index in [1.54, 1.807) is 6.92 Å². The van der Waals surface area contributed by atoms with Crippen LogP contribution in [0.3, 0.4) is 0 Å². The van der Waals surface area contributed by atoms with E-state index in [9.17, 15) is 23.2 Å². The Morgan fingerprint density at radius 1 is 1.17 bits per heavy atom. The van der Waals surface area contributed by atoms with Crippen LogP contribution in [0.5, 0.6) is 0 Å². The van der Waals surface area contributed by atoms with Crippen LogP contribution in [0.2, 0.25) is 0 Å². The maximum Gasteiger partial charge on any atom is 0.254 e. The summed E-state index contributed by atoms with van der Waals surface area (Å²) in [4.78, 5) is 37.1. The molecule has 4 nitrogen and oxygen atoms in total. The third-order valence-corrected chi connectivity index (χ3v) is 5.07. The molecular formula is C17H19F2NO3. The van der Waals surface area contributed by atoms with Gasteiger partial charge in [0.15, 0.2) is 5.78 Å². The van der Waals surface area contributed by atoms with Gasteiger partial charge >= 0.3 is 0 Å². The van der Waals surface area contributed by atoms with Gasteiger partial charge in [0, 0.05) is 25.1 Å². The molecule has 3 aliphatic rings. The van der Waals surface area contributed by atoms with E-state index in [0.717, 1.165) is 6.08 Å². The van der Waals surface area contributed by atoms with Crippen molar-refractivity contribution >= 4 is 17.5 Å². The van der Waals surface area contributed by atoms with Gasteiger partial charge in [0.2, 0.25) is 5.91 Å². The number of ketones is 2. The van der Waals surface area contributed by atoms with Crippen LogP contribution in [0.25, 0.3) is 0 Å². The number of Topliss-reactive ketones (excluding diaryl/α,β-unsaturated/α-hetero) is 1. The fraction of sp³-hybridized carbons (Fsp3) is 0.588. The van der Waals surface area contributed by atoms with Crippen LogP contribution in [0.15, 0.2) is 23.4 Å². The van der Waals surface area contributed by atoms with Crippen LogP contribution in [0.1, 0.15) is 32.6 Å². The van der Waals surface area contributed by atoms with Gasteiger partial charge in [-0.3, -0.25) is 14.4 Å². The lowest BCUT2D eigenvalue weighted by Gasteiger charge is -2.31. The monoisotopic (exact) mass is 323 g/mol. The molecular weight excluding hydrogens is 304 g/mol. The van der Waals surface area contributed by atoms with E-state index >= 15 is 0 Å². The maximum absolute atomic E-state index is 13.4. The Labute approximate surface area is 133 Å². The standard InChI is InChI=1S/C17H19F2NO3/c1-9-12-6-7-13(22)14(16(18)19)15(12)20(17(9)23)8-10-2-4-11(21)5-3-10/h6-7,9-10,14,16H,2-5,8H2,1H3. The molecule has 0 N–H and O–H groups in total. The maximum atomic E-state index is 13.4. The van der Waals surface area contributed by atoms with Crippen molar-refractivity contribution in [3.63, 3.8) is 0 Å². The fourth-order valence-corrected chi connectivity index (χ4v) is 3.72. The van der Waals surface area contributed by atoms with E-state index < -0.39 is 24.0 Å². The molecule has 0 spiro atoms. The fourth-order valence-electron chi connectivity index (χ4n) is 3.72. The summed E-state index contributed by atoms with van der Waals surface area (Å²) in [6.07, 6.45) is 2.12. The minimum absolute atomic E-state index is 0.120. The first-order valence-corrected chi connectivity index (χ1v) is 7.97. The number of amides is 1. The number of hydrogen-bond donors (Lipinski definition) is 0. The van der Waals surface area contributed by atoms with Crippen LogP contribution < -0.4 is 0 Å². The Morgan fingerprint density at radius 3 is 2.43 bits per heavy atom. The molecule has 1 fully saturated rings. The average Bonchev–Trinajstić information content (AvgIpc) is 2.74. The molecule has 1 amide bonds. The van der Waals surface area contributed by atoms with Crippen LogP contribution in [0, 0.1) is 17.8 Å². The normalized spacial score (nSPS) is 29.0. The Bertz CT molecular complexity index is 613. The summed E-state index contributed by atoms with van der Waals surface area (Å²) in [5, 5.41) is 0. The van der Waals surface area contributed by atoms with Crippen LogP contribution in [-0.4, -0.2) is 35.3 Å². The quantitative estimate of drug-likeness (QED) is 0.802. The largest absolute Gasteiger partial charge is 0.314 e. The van der Waals surface area contributed by atoms with Crippen LogP contribution in [0.4, 0.5) is 8.78 Å². The molecule has 2 aliphatic carbocycles. The molecule has 1 heterocycles. The van der Waals surface area contributed by atoms with Gasteiger partial charge in [-0.15, -0.1) is 0 Å². The van der Waals surface area contributed by atoms with Crippen molar-refractivity contribution in [2.45, 2.75) is 39.0 Å². The second kappa shape index (κ2) is 5.98. The molecule has 23 heavy (non-hydrogen) atoms. The second-order valence-electron chi connectivity index (χ2n) is 6.54. The number of rotatable bonds is 3. The van der Waals surface area contributed by atoms with Crippen LogP contribution in [-0.2, 0) is 14.4 Å².